The van der Waals surface area contributed by atoms with Gasteiger partial charge in [-0.3, -0.25) is 0 Å². The number of aromatic nitrogens is 2. The number of aryl methyl sites for hydroxylation is 2. The van der Waals surface area contributed by atoms with Gasteiger partial charge < -0.3 is 19.6 Å². The molecule has 4 rings (SSSR count). The molecular formula is C20H26N4O2. The Morgan fingerprint density at radius 3 is 2.65 bits per heavy atom. The van der Waals surface area contributed by atoms with E-state index in [4.69, 9.17) is 4.74 Å². The molecule has 6 heteroatoms. The predicted octanol–water partition coefficient (Wildman–Crippen LogP) is 2.38. The molecule has 26 heavy (non-hydrogen) atoms. The summed E-state index contributed by atoms with van der Waals surface area (Å²) < 4.78 is 6.12. The second-order valence-corrected chi connectivity index (χ2v) is 7.69. The van der Waals surface area contributed by atoms with Crippen LogP contribution in [-0.4, -0.2) is 65.6 Å². The van der Waals surface area contributed by atoms with E-state index in [9.17, 15) is 5.11 Å². The first kappa shape index (κ1) is 17.2. The summed E-state index contributed by atoms with van der Waals surface area (Å²) in [6.45, 7) is 8.48. The van der Waals surface area contributed by atoms with Crippen molar-refractivity contribution in [3.05, 3.63) is 35.4 Å². The summed E-state index contributed by atoms with van der Waals surface area (Å²) in [5, 5.41) is 19.1. The number of morpholine rings is 1. The Morgan fingerprint density at radius 2 is 1.96 bits per heavy atom. The number of ether oxygens (including phenoxy) is 1. The van der Waals surface area contributed by atoms with Crippen LogP contribution in [0.3, 0.4) is 0 Å². The third-order valence-electron chi connectivity index (χ3n) is 5.45. The first-order chi connectivity index (χ1) is 12.5. The van der Waals surface area contributed by atoms with Gasteiger partial charge in [-0.05, 0) is 56.6 Å². The normalized spacial score (nSPS) is 23.7. The summed E-state index contributed by atoms with van der Waals surface area (Å²) >= 11 is 0. The zero-order valence-electron chi connectivity index (χ0n) is 15.7. The zero-order chi connectivity index (χ0) is 18.3. The Morgan fingerprint density at radius 1 is 1.12 bits per heavy atom. The van der Waals surface area contributed by atoms with Crippen LogP contribution in [0, 0.1) is 13.8 Å². The molecular weight excluding hydrogens is 328 g/mol. The van der Waals surface area contributed by atoms with E-state index in [0.29, 0.717) is 5.69 Å². The van der Waals surface area contributed by atoms with Gasteiger partial charge >= 0.3 is 0 Å². The van der Waals surface area contributed by atoms with Gasteiger partial charge in [0.25, 0.3) is 0 Å². The van der Waals surface area contributed by atoms with Gasteiger partial charge in [0.2, 0.25) is 0 Å². The van der Waals surface area contributed by atoms with Crippen LogP contribution in [0.4, 0.5) is 5.82 Å². The fourth-order valence-corrected chi connectivity index (χ4v) is 4.23. The summed E-state index contributed by atoms with van der Waals surface area (Å²) in [5.74, 6) is 1.12. The molecule has 1 N–H and O–H groups in total. The highest BCUT2D eigenvalue weighted by Crippen LogP contribution is 2.34. The molecule has 0 bridgehead atoms. The molecule has 0 amide bonds. The van der Waals surface area contributed by atoms with Crippen molar-refractivity contribution in [3.63, 3.8) is 0 Å². The van der Waals surface area contributed by atoms with Crippen LogP contribution >= 0.6 is 0 Å². The topological polar surface area (TPSA) is 61.7 Å². The first-order valence-corrected chi connectivity index (χ1v) is 9.18. The van der Waals surface area contributed by atoms with E-state index in [-0.39, 0.29) is 11.4 Å². The highest BCUT2D eigenvalue weighted by molar-refractivity contribution is 5.71. The molecule has 2 saturated heterocycles. The van der Waals surface area contributed by atoms with E-state index >= 15 is 0 Å². The standard InChI is InChI=1S/C20H26N4O2/c1-14-10-15(2)19(17(25)11-14)16-4-5-18(22-21-16)24-7-6-20(13-24)12-23(3)8-9-26-20/h4-5,10-11,25H,6-9,12-13H2,1-3H3/t20-/m0/s1. The molecule has 3 heterocycles. The second-order valence-electron chi connectivity index (χ2n) is 7.69. The molecule has 6 nitrogen and oxygen atoms in total. The minimum Gasteiger partial charge on any atom is -0.507 e. The average molecular weight is 354 g/mol. The number of phenolic OH excluding ortho intramolecular Hbond substituents is 1. The quantitative estimate of drug-likeness (QED) is 0.893. The summed E-state index contributed by atoms with van der Waals surface area (Å²) in [7, 11) is 2.15. The molecule has 2 fully saturated rings. The van der Waals surface area contributed by atoms with Gasteiger partial charge in [0, 0.05) is 31.7 Å². The van der Waals surface area contributed by atoms with E-state index in [1.165, 1.54) is 0 Å². The number of anilines is 1. The van der Waals surface area contributed by atoms with E-state index in [1.54, 1.807) is 6.07 Å². The fourth-order valence-electron chi connectivity index (χ4n) is 4.23. The number of likely N-dealkylation sites (N-methyl/N-ethyl adjacent to an activating group) is 1. The summed E-state index contributed by atoms with van der Waals surface area (Å²) in [6.07, 6.45) is 1.01. The maximum absolute atomic E-state index is 10.3. The Labute approximate surface area is 154 Å². The van der Waals surface area contributed by atoms with Crippen molar-refractivity contribution < 1.29 is 9.84 Å². The molecule has 0 aliphatic carbocycles. The molecule has 1 atom stereocenters. The molecule has 2 aliphatic rings. The minimum atomic E-state index is -0.0842. The van der Waals surface area contributed by atoms with Crippen LogP contribution < -0.4 is 4.90 Å². The lowest BCUT2D eigenvalue weighted by Gasteiger charge is -2.38. The van der Waals surface area contributed by atoms with Gasteiger partial charge in [0.05, 0.1) is 17.9 Å². The lowest BCUT2D eigenvalue weighted by molar-refractivity contribution is -0.0886. The van der Waals surface area contributed by atoms with Crippen LogP contribution in [0.5, 0.6) is 5.75 Å². The number of phenols is 1. The van der Waals surface area contributed by atoms with Gasteiger partial charge in [-0.1, -0.05) is 6.07 Å². The molecule has 1 aromatic carbocycles. The number of nitrogens with zero attached hydrogens (tertiary/aromatic N) is 4. The SMILES string of the molecule is Cc1cc(C)c(-c2ccc(N3CC[C@]4(CN(C)CCO4)C3)nn2)c(O)c1. The van der Waals surface area contributed by atoms with Gasteiger partial charge in [0.15, 0.2) is 5.82 Å². The number of hydrogen-bond acceptors (Lipinski definition) is 6. The Balaban J connectivity index is 1.54. The smallest absolute Gasteiger partial charge is 0.151 e. The highest BCUT2D eigenvalue weighted by Gasteiger charge is 2.42. The maximum atomic E-state index is 10.3. The third kappa shape index (κ3) is 3.15. The second kappa shape index (κ2) is 6.52. The van der Waals surface area contributed by atoms with Crippen LogP contribution in [0.15, 0.2) is 24.3 Å². The molecule has 0 saturated carbocycles. The molecule has 1 aromatic heterocycles. The Kier molecular flexibility index (Phi) is 4.32. The summed E-state index contributed by atoms with van der Waals surface area (Å²) in [4.78, 5) is 4.59. The van der Waals surface area contributed by atoms with Gasteiger partial charge in [-0.25, -0.2) is 0 Å². The van der Waals surface area contributed by atoms with Gasteiger partial charge in [-0.15, -0.1) is 10.2 Å². The highest BCUT2D eigenvalue weighted by atomic mass is 16.5. The number of rotatable bonds is 2. The third-order valence-corrected chi connectivity index (χ3v) is 5.45. The van der Waals surface area contributed by atoms with Crippen LogP contribution in [0.2, 0.25) is 0 Å². The van der Waals surface area contributed by atoms with Gasteiger partial charge in [-0.2, -0.15) is 0 Å². The van der Waals surface area contributed by atoms with Crippen molar-refractivity contribution in [2.45, 2.75) is 25.9 Å². The first-order valence-electron chi connectivity index (χ1n) is 9.18. The van der Waals surface area contributed by atoms with E-state index < -0.39 is 0 Å². The lowest BCUT2D eigenvalue weighted by atomic mass is 10.0. The molecule has 2 aromatic rings. The van der Waals surface area contributed by atoms with E-state index in [1.807, 2.05) is 32.0 Å². The molecule has 1 spiro atoms. The lowest BCUT2D eigenvalue weighted by Crippen LogP contribution is -2.52. The van der Waals surface area contributed by atoms with Crippen molar-refractivity contribution >= 4 is 5.82 Å². The predicted molar refractivity (Wildman–Crippen MR) is 102 cm³/mol. The van der Waals surface area contributed by atoms with Crippen molar-refractivity contribution in [2.24, 2.45) is 0 Å². The molecule has 0 unspecified atom stereocenters. The maximum Gasteiger partial charge on any atom is 0.151 e. The van der Waals surface area contributed by atoms with Crippen molar-refractivity contribution in [2.75, 3.05) is 44.7 Å². The van der Waals surface area contributed by atoms with Gasteiger partial charge in [0.1, 0.15) is 5.75 Å². The molecule has 2 aliphatic heterocycles. The zero-order valence-corrected chi connectivity index (χ0v) is 15.7. The van der Waals surface area contributed by atoms with E-state index in [2.05, 4.69) is 27.0 Å². The average Bonchev–Trinajstić information content (AvgIpc) is 2.97. The summed E-state index contributed by atoms with van der Waals surface area (Å²) in [5.41, 5.74) is 3.41. The van der Waals surface area contributed by atoms with Crippen molar-refractivity contribution in [1.82, 2.24) is 15.1 Å². The number of hydrogen-bond donors (Lipinski definition) is 1. The summed E-state index contributed by atoms with van der Waals surface area (Å²) in [6, 6.07) is 7.75. The Bertz CT molecular complexity index is 785. The number of benzene rings is 1. The van der Waals surface area contributed by atoms with Crippen LogP contribution in [0.1, 0.15) is 17.5 Å². The minimum absolute atomic E-state index is 0.0842. The van der Waals surface area contributed by atoms with Crippen LogP contribution in [-0.2, 0) is 4.74 Å². The molecule has 138 valence electrons. The fraction of sp³-hybridized carbons (Fsp3) is 0.500. The van der Waals surface area contributed by atoms with Crippen molar-refractivity contribution in [1.29, 1.82) is 0 Å². The van der Waals surface area contributed by atoms with E-state index in [0.717, 1.165) is 61.7 Å². The number of aromatic hydroxyl groups is 1. The van der Waals surface area contributed by atoms with Crippen LogP contribution in [0.25, 0.3) is 11.3 Å². The monoisotopic (exact) mass is 354 g/mol. The van der Waals surface area contributed by atoms with Crippen molar-refractivity contribution in [3.8, 4) is 17.0 Å². The Hall–Kier alpha value is -2.18. The largest absolute Gasteiger partial charge is 0.507 e. The molecule has 0 radical (unpaired) electrons.